The average Bonchev–Trinajstić information content (AvgIpc) is 2.80. The second-order valence-corrected chi connectivity index (χ2v) is 13.4. The molecule has 2 N–H and O–H groups in total. The Bertz CT molecular complexity index is 788. The van der Waals surface area contributed by atoms with Crippen molar-refractivity contribution < 1.29 is 0 Å². The van der Waals surface area contributed by atoms with E-state index in [1.54, 1.807) is 0 Å². The molecule has 0 amide bonds. The second kappa shape index (κ2) is 12.5. The van der Waals surface area contributed by atoms with Crippen molar-refractivity contribution in [1.29, 1.82) is 0 Å². The third kappa shape index (κ3) is 8.16. The Morgan fingerprint density at radius 1 is 0.703 bits per heavy atom. The first-order valence-corrected chi connectivity index (χ1v) is 14.9. The summed E-state index contributed by atoms with van der Waals surface area (Å²) in [5, 5.41) is 7.39. The predicted octanol–water partition coefficient (Wildman–Crippen LogP) is 4.70. The molecule has 0 aromatic carbocycles. The lowest BCUT2D eigenvalue weighted by atomic mass is 9.88. The smallest absolute Gasteiger partial charge is 0.232 e. The number of hydrogen-bond donors (Lipinski definition) is 2. The van der Waals surface area contributed by atoms with Gasteiger partial charge in [-0.05, 0) is 92.2 Å². The van der Waals surface area contributed by atoms with E-state index < -0.39 is 0 Å². The Kier molecular flexibility index (Phi) is 10.1. The van der Waals surface area contributed by atoms with E-state index >= 15 is 0 Å². The number of nitrogens with one attached hydrogen (secondary N) is 2. The van der Waals surface area contributed by atoms with Gasteiger partial charge in [0.1, 0.15) is 0 Å². The molecule has 2 aliphatic heterocycles. The van der Waals surface area contributed by atoms with Gasteiger partial charge in [-0.1, -0.05) is 27.7 Å². The molecule has 2 aliphatic rings. The fourth-order valence-electron chi connectivity index (χ4n) is 6.04. The summed E-state index contributed by atoms with van der Waals surface area (Å²) in [6, 6.07) is 0.824. The Morgan fingerprint density at radius 3 is 1.41 bits per heavy atom. The van der Waals surface area contributed by atoms with Crippen molar-refractivity contribution in [1.82, 2.24) is 25.6 Å². The van der Waals surface area contributed by atoms with Crippen molar-refractivity contribution >= 4 is 17.8 Å². The van der Waals surface area contributed by atoms with E-state index in [0.29, 0.717) is 23.9 Å². The summed E-state index contributed by atoms with van der Waals surface area (Å²) in [7, 11) is 0. The molecule has 0 spiro atoms. The number of piperidine rings is 2. The van der Waals surface area contributed by atoms with Crippen LogP contribution in [-0.2, 0) is 0 Å². The van der Waals surface area contributed by atoms with Crippen molar-refractivity contribution in [2.75, 3.05) is 54.0 Å². The van der Waals surface area contributed by atoms with Crippen LogP contribution in [0.25, 0.3) is 0 Å². The molecule has 0 aliphatic carbocycles. The summed E-state index contributed by atoms with van der Waals surface area (Å²) in [5.41, 5.74) is 0.222. The average molecular weight is 517 g/mol. The molecule has 2 saturated heterocycles. The maximum atomic E-state index is 5.30. The highest BCUT2D eigenvalue weighted by Crippen LogP contribution is 2.31. The van der Waals surface area contributed by atoms with Gasteiger partial charge >= 0.3 is 0 Å². The number of rotatable bonds is 11. The van der Waals surface area contributed by atoms with Crippen molar-refractivity contribution in [2.45, 2.75) is 118 Å². The number of nitrogens with zero attached hydrogens (tertiary/aromatic N) is 6. The van der Waals surface area contributed by atoms with E-state index in [4.69, 9.17) is 15.0 Å². The van der Waals surface area contributed by atoms with Crippen LogP contribution in [0.2, 0.25) is 0 Å². The molecule has 0 bridgehead atoms. The monoisotopic (exact) mass is 516 g/mol. The fraction of sp³-hybridized carbons (Fsp3) is 0.897. The van der Waals surface area contributed by atoms with Crippen LogP contribution < -0.4 is 25.3 Å². The van der Waals surface area contributed by atoms with Crippen molar-refractivity contribution in [3.8, 4) is 0 Å². The first-order valence-electron chi connectivity index (χ1n) is 14.9. The predicted molar refractivity (Wildman–Crippen MR) is 158 cm³/mol. The molecule has 0 saturated carbocycles. The fourth-order valence-corrected chi connectivity index (χ4v) is 6.04. The first-order chi connectivity index (χ1) is 17.3. The molecular weight excluding hydrogens is 460 g/mol. The Morgan fingerprint density at radius 2 is 1.08 bits per heavy atom. The van der Waals surface area contributed by atoms with Crippen molar-refractivity contribution in [2.24, 2.45) is 11.8 Å². The van der Waals surface area contributed by atoms with Crippen LogP contribution in [0, 0.1) is 11.8 Å². The molecule has 3 rings (SSSR count). The van der Waals surface area contributed by atoms with Gasteiger partial charge in [0, 0.05) is 49.3 Å². The molecule has 8 heteroatoms. The van der Waals surface area contributed by atoms with Crippen molar-refractivity contribution in [3.63, 3.8) is 0 Å². The van der Waals surface area contributed by atoms with Gasteiger partial charge in [0.2, 0.25) is 17.8 Å². The molecule has 37 heavy (non-hydrogen) atoms. The minimum absolute atomic E-state index is 0.111. The van der Waals surface area contributed by atoms with E-state index in [9.17, 15) is 0 Å². The lowest BCUT2D eigenvalue weighted by molar-refractivity contribution is 0.261. The lowest BCUT2D eigenvalue weighted by Gasteiger charge is -2.44. The van der Waals surface area contributed by atoms with Crippen LogP contribution in [0.15, 0.2) is 0 Å². The van der Waals surface area contributed by atoms with Crippen LogP contribution in [0.5, 0.6) is 0 Å². The molecule has 1 aromatic heterocycles. The Hall–Kier alpha value is -1.67. The minimum Gasteiger partial charge on any atom is -0.341 e. The van der Waals surface area contributed by atoms with Crippen LogP contribution in [0.1, 0.15) is 94.9 Å². The van der Waals surface area contributed by atoms with Crippen LogP contribution >= 0.6 is 0 Å². The molecule has 0 radical (unpaired) electrons. The molecule has 2 unspecified atom stereocenters. The molecule has 2 fully saturated rings. The van der Waals surface area contributed by atoms with E-state index in [-0.39, 0.29) is 11.1 Å². The first kappa shape index (κ1) is 29.9. The van der Waals surface area contributed by atoms with Crippen LogP contribution in [0.4, 0.5) is 17.8 Å². The van der Waals surface area contributed by atoms with Gasteiger partial charge in [0.15, 0.2) is 0 Å². The molecule has 212 valence electrons. The highest BCUT2D eigenvalue weighted by Gasteiger charge is 2.36. The van der Waals surface area contributed by atoms with Gasteiger partial charge in [-0.25, -0.2) is 0 Å². The van der Waals surface area contributed by atoms with Crippen LogP contribution in [-0.4, -0.2) is 77.4 Å². The van der Waals surface area contributed by atoms with E-state index in [1.807, 2.05) is 0 Å². The van der Waals surface area contributed by atoms with Crippen LogP contribution in [0.3, 0.4) is 0 Å². The SMILES string of the molecule is CCN(CC)c1nc(N(CC(C)C)C2CCNC(C)(C)C2)nc(N(CC(C)C)C2CCNC(C)(C)C2)n1. The van der Waals surface area contributed by atoms with Gasteiger partial charge in [-0.3, -0.25) is 0 Å². The summed E-state index contributed by atoms with van der Waals surface area (Å²) in [4.78, 5) is 22.9. The molecule has 8 nitrogen and oxygen atoms in total. The van der Waals surface area contributed by atoms with E-state index in [1.165, 1.54) is 0 Å². The van der Waals surface area contributed by atoms with Gasteiger partial charge < -0.3 is 25.3 Å². The highest BCUT2D eigenvalue weighted by atomic mass is 15.4. The Labute approximate surface area is 227 Å². The maximum Gasteiger partial charge on any atom is 0.232 e. The third-order valence-corrected chi connectivity index (χ3v) is 7.82. The lowest BCUT2D eigenvalue weighted by Crippen LogP contribution is -2.55. The van der Waals surface area contributed by atoms with Crippen molar-refractivity contribution in [3.05, 3.63) is 0 Å². The highest BCUT2D eigenvalue weighted by molar-refractivity contribution is 5.48. The number of aromatic nitrogens is 3. The standard InChI is InChI=1S/C29H56N8/c1-11-35(12-2)25-32-26(36(19-21(3)4)23-13-15-30-28(7,8)17-23)34-27(33-25)37(20-22(5)6)24-14-16-31-29(9,10)18-24/h21-24,30-31H,11-20H2,1-10H3. The van der Waals surface area contributed by atoms with Gasteiger partial charge in [-0.2, -0.15) is 15.0 Å². The topological polar surface area (TPSA) is 72.5 Å². The molecule has 1 aromatic rings. The van der Waals surface area contributed by atoms with Gasteiger partial charge in [0.25, 0.3) is 0 Å². The maximum absolute atomic E-state index is 5.30. The normalized spacial score (nSPS) is 23.4. The number of anilines is 3. The number of hydrogen-bond acceptors (Lipinski definition) is 8. The van der Waals surface area contributed by atoms with E-state index in [2.05, 4.69) is 94.6 Å². The summed E-state index contributed by atoms with van der Waals surface area (Å²) in [6.45, 7) is 28.6. The van der Waals surface area contributed by atoms with Gasteiger partial charge in [0.05, 0.1) is 0 Å². The summed E-state index contributed by atoms with van der Waals surface area (Å²) < 4.78 is 0. The summed E-state index contributed by atoms with van der Waals surface area (Å²) in [5.74, 6) is 3.56. The van der Waals surface area contributed by atoms with Gasteiger partial charge in [-0.15, -0.1) is 0 Å². The summed E-state index contributed by atoms with van der Waals surface area (Å²) >= 11 is 0. The quantitative estimate of drug-likeness (QED) is 0.438. The molecule has 2 atom stereocenters. The molecule has 3 heterocycles. The largest absolute Gasteiger partial charge is 0.341 e. The zero-order chi connectivity index (χ0) is 27.4. The molecular formula is C29H56N8. The summed E-state index contributed by atoms with van der Waals surface area (Å²) in [6.07, 6.45) is 4.38. The third-order valence-electron chi connectivity index (χ3n) is 7.82. The zero-order valence-electron chi connectivity index (χ0n) is 25.6. The Balaban J connectivity index is 2.11. The second-order valence-electron chi connectivity index (χ2n) is 13.4. The minimum atomic E-state index is 0.111. The zero-order valence-corrected chi connectivity index (χ0v) is 25.6. The van der Waals surface area contributed by atoms with E-state index in [0.717, 1.165) is 82.8 Å².